The van der Waals surface area contributed by atoms with E-state index in [9.17, 15) is 22.8 Å². The van der Waals surface area contributed by atoms with Gasteiger partial charge in [-0.1, -0.05) is 12.8 Å². The Bertz CT molecular complexity index is 1080. The Hall–Kier alpha value is -3.37. The maximum atomic E-state index is 12.6. The van der Waals surface area contributed by atoms with Gasteiger partial charge in [0.2, 0.25) is 0 Å². The lowest BCUT2D eigenvalue weighted by Gasteiger charge is -2.31. The lowest BCUT2D eigenvalue weighted by atomic mass is 9.91. The van der Waals surface area contributed by atoms with Crippen molar-refractivity contribution in [2.24, 2.45) is 5.92 Å². The van der Waals surface area contributed by atoms with Crippen molar-refractivity contribution in [2.45, 2.75) is 38.3 Å². The van der Waals surface area contributed by atoms with Gasteiger partial charge in [0.25, 0.3) is 11.8 Å². The average Bonchev–Trinajstić information content (AvgIpc) is 3.46. The molecule has 0 atom stereocenters. The number of halogens is 3. The standard InChI is InChI=1S/C22H24F3N5O3/c23-22(24,25)21-29-18(13-33-21)20(32)30-9-5-14(6-10-30)3-1-2-7-27-19(31)17-11-15-12-26-8-4-16(15)28-17/h4,8,11-14,28H,1-3,5-7,9-10H2,(H,27,31). The highest BCUT2D eigenvalue weighted by Crippen LogP contribution is 2.29. The highest BCUT2D eigenvalue weighted by Gasteiger charge is 2.38. The second-order valence-electron chi connectivity index (χ2n) is 8.17. The van der Waals surface area contributed by atoms with Crippen molar-refractivity contribution in [3.05, 3.63) is 48.1 Å². The number of aromatic amines is 1. The Kier molecular flexibility index (Phi) is 6.66. The van der Waals surface area contributed by atoms with Crippen LogP contribution in [0.4, 0.5) is 13.2 Å². The number of hydrogen-bond donors (Lipinski definition) is 2. The molecule has 0 aromatic carbocycles. The van der Waals surface area contributed by atoms with Gasteiger partial charge in [-0.15, -0.1) is 0 Å². The van der Waals surface area contributed by atoms with Crippen LogP contribution in [-0.4, -0.2) is 51.3 Å². The molecule has 3 aromatic heterocycles. The lowest BCUT2D eigenvalue weighted by molar-refractivity contribution is -0.157. The first-order chi connectivity index (χ1) is 15.8. The normalized spacial score (nSPS) is 15.2. The van der Waals surface area contributed by atoms with Crippen molar-refractivity contribution < 1.29 is 27.2 Å². The number of hydrogen-bond acceptors (Lipinski definition) is 5. The predicted octanol–water partition coefficient (Wildman–Crippen LogP) is 4.02. The van der Waals surface area contributed by atoms with Crippen LogP contribution in [0.1, 0.15) is 59.0 Å². The van der Waals surface area contributed by atoms with Gasteiger partial charge in [0.1, 0.15) is 12.0 Å². The quantitative estimate of drug-likeness (QED) is 0.515. The van der Waals surface area contributed by atoms with E-state index in [0.717, 1.165) is 49.3 Å². The third kappa shape index (κ3) is 5.52. The first-order valence-corrected chi connectivity index (χ1v) is 10.8. The summed E-state index contributed by atoms with van der Waals surface area (Å²) in [6.45, 7) is 1.52. The van der Waals surface area contributed by atoms with Crippen LogP contribution >= 0.6 is 0 Å². The molecular formula is C22H24F3N5O3. The number of pyridine rings is 1. The molecule has 1 aliphatic heterocycles. The zero-order chi connectivity index (χ0) is 23.4. The highest BCUT2D eigenvalue weighted by molar-refractivity contribution is 5.97. The summed E-state index contributed by atoms with van der Waals surface area (Å²) >= 11 is 0. The number of carbonyl (C=O) groups excluding carboxylic acids is 2. The summed E-state index contributed by atoms with van der Waals surface area (Å²) < 4.78 is 42.2. The van der Waals surface area contributed by atoms with E-state index >= 15 is 0 Å². The van der Waals surface area contributed by atoms with Crippen LogP contribution in [0.2, 0.25) is 0 Å². The third-order valence-corrected chi connectivity index (χ3v) is 5.86. The maximum Gasteiger partial charge on any atom is 0.468 e. The molecule has 11 heteroatoms. The second kappa shape index (κ2) is 9.63. The lowest BCUT2D eigenvalue weighted by Crippen LogP contribution is -2.38. The predicted molar refractivity (Wildman–Crippen MR) is 112 cm³/mol. The van der Waals surface area contributed by atoms with E-state index in [1.165, 1.54) is 4.90 Å². The Labute approximate surface area is 187 Å². The summed E-state index contributed by atoms with van der Waals surface area (Å²) in [5.41, 5.74) is 1.05. The zero-order valence-corrected chi connectivity index (χ0v) is 17.8. The molecule has 8 nitrogen and oxygen atoms in total. The molecule has 0 bridgehead atoms. The summed E-state index contributed by atoms with van der Waals surface area (Å²) in [6.07, 6.45) is 3.73. The number of amides is 2. The van der Waals surface area contributed by atoms with E-state index < -0.39 is 18.0 Å². The number of alkyl halides is 3. The highest BCUT2D eigenvalue weighted by atomic mass is 19.4. The molecule has 176 valence electrons. The molecule has 1 saturated heterocycles. The molecule has 0 saturated carbocycles. The van der Waals surface area contributed by atoms with Gasteiger partial charge in [0.15, 0.2) is 5.69 Å². The molecule has 3 aromatic rings. The summed E-state index contributed by atoms with van der Waals surface area (Å²) in [5, 5.41) is 3.80. The first kappa shape index (κ1) is 22.8. The number of carbonyl (C=O) groups is 2. The van der Waals surface area contributed by atoms with Gasteiger partial charge in [-0.05, 0) is 37.3 Å². The number of oxazole rings is 1. The van der Waals surface area contributed by atoms with Crippen molar-refractivity contribution in [1.29, 1.82) is 0 Å². The summed E-state index contributed by atoms with van der Waals surface area (Å²) in [5.74, 6) is -1.66. The molecule has 2 amide bonds. The van der Waals surface area contributed by atoms with Crippen molar-refractivity contribution in [3.63, 3.8) is 0 Å². The van der Waals surface area contributed by atoms with E-state index in [1.807, 2.05) is 6.07 Å². The van der Waals surface area contributed by atoms with Gasteiger partial charge in [-0.3, -0.25) is 14.6 Å². The number of nitrogens with one attached hydrogen (secondary N) is 2. The first-order valence-electron chi connectivity index (χ1n) is 10.8. The van der Waals surface area contributed by atoms with Crippen molar-refractivity contribution in [1.82, 2.24) is 25.2 Å². The SMILES string of the molecule is O=C(NCCCCC1CCN(C(=O)c2coc(C(F)(F)F)n2)CC1)c1cc2cnccc2[nH]1. The molecule has 33 heavy (non-hydrogen) atoms. The fourth-order valence-corrected chi connectivity index (χ4v) is 4.04. The number of rotatable bonds is 7. The van der Waals surface area contributed by atoms with Crippen LogP contribution in [0.25, 0.3) is 10.9 Å². The van der Waals surface area contributed by atoms with Crippen LogP contribution < -0.4 is 5.32 Å². The number of aromatic nitrogens is 3. The molecule has 4 heterocycles. The van der Waals surface area contributed by atoms with E-state index in [1.54, 1.807) is 18.5 Å². The molecule has 0 unspecified atom stereocenters. The van der Waals surface area contributed by atoms with Gasteiger partial charge < -0.3 is 19.6 Å². The van der Waals surface area contributed by atoms with Crippen molar-refractivity contribution in [2.75, 3.05) is 19.6 Å². The molecular weight excluding hydrogens is 439 g/mol. The van der Waals surface area contributed by atoms with Gasteiger partial charge in [-0.25, -0.2) is 4.98 Å². The van der Waals surface area contributed by atoms with Crippen molar-refractivity contribution >= 4 is 22.7 Å². The number of unbranched alkanes of at least 4 members (excludes halogenated alkanes) is 1. The van der Waals surface area contributed by atoms with Crippen molar-refractivity contribution in [3.8, 4) is 0 Å². The Balaban J connectivity index is 1.14. The van der Waals surface area contributed by atoms with Gasteiger partial charge in [-0.2, -0.15) is 13.2 Å². The topological polar surface area (TPSA) is 104 Å². The van der Waals surface area contributed by atoms with Gasteiger partial charge in [0.05, 0.1) is 0 Å². The van der Waals surface area contributed by atoms with Gasteiger partial charge >= 0.3 is 12.1 Å². The van der Waals surface area contributed by atoms with Crippen LogP contribution in [0, 0.1) is 5.92 Å². The smallest absolute Gasteiger partial charge is 0.441 e. The Morgan fingerprint density at radius 3 is 2.73 bits per heavy atom. The van der Waals surface area contributed by atoms with E-state index in [4.69, 9.17) is 0 Å². The number of piperidine rings is 1. The number of fused-ring (bicyclic) bond motifs is 1. The number of nitrogens with zero attached hydrogens (tertiary/aromatic N) is 3. The molecule has 1 fully saturated rings. The minimum Gasteiger partial charge on any atom is -0.441 e. The Morgan fingerprint density at radius 1 is 1.24 bits per heavy atom. The Morgan fingerprint density at radius 2 is 2.03 bits per heavy atom. The fourth-order valence-electron chi connectivity index (χ4n) is 4.04. The summed E-state index contributed by atoms with van der Waals surface area (Å²) in [7, 11) is 0. The largest absolute Gasteiger partial charge is 0.468 e. The molecule has 1 aliphatic rings. The number of H-pyrrole nitrogens is 1. The van der Waals surface area contributed by atoms with Crippen LogP contribution in [0.3, 0.4) is 0 Å². The summed E-state index contributed by atoms with van der Waals surface area (Å²) in [4.78, 5) is 36.5. The zero-order valence-electron chi connectivity index (χ0n) is 17.8. The second-order valence-corrected chi connectivity index (χ2v) is 8.17. The molecule has 0 spiro atoms. The third-order valence-electron chi connectivity index (χ3n) is 5.86. The van der Waals surface area contributed by atoms with Gasteiger partial charge in [0, 0.05) is 42.9 Å². The van der Waals surface area contributed by atoms with Crippen LogP contribution in [-0.2, 0) is 6.18 Å². The molecule has 4 rings (SSSR count). The van der Waals surface area contributed by atoms with E-state index in [2.05, 4.69) is 24.7 Å². The minimum atomic E-state index is -4.71. The molecule has 0 aliphatic carbocycles. The fraction of sp³-hybridized carbons (Fsp3) is 0.455. The van der Waals surface area contributed by atoms with E-state index in [-0.39, 0.29) is 11.6 Å². The summed E-state index contributed by atoms with van der Waals surface area (Å²) in [6, 6.07) is 3.59. The monoisotopic (exact) mass is 463 g/mol. The average molecular weight is 463 g/mol. The molecule has 2 N–H and O–H groups in total. The molecule has 0 radical (unpaired) electrons. The van der Waals surface area contributed by atoms with E-state index in [0.29, 0.717) is 31.2 Å². The minimum absolute atomic E-state index is 0.153. The van der Waals surface area contributed by atoms with Crippen LogP contribution in [0.5, 0.6) is 0 Å². The maximum absolute atomic E-state index is 12.6. The van der Waals surface area contributed by atoms with Crippen LogP contribution in [0.15, 0.2) is 35.2 Å². The number of likely N-dealkylation sites (tertiary alicyclic amines) is 1.